The van der Waals surface area contributed by atoms with Crippen LogP contribution in [0.15, 0.2) is 48.5 Å². The molecule has 22 heavy (non-hydrogen) atoms. The second-order valence-corrected chi connectivity index (χ2v) is 5.89. The van der Waals surface area contributed by atoms with E-state index in [1.807, 2.05) is 0 Å². The summed E-state index contributed by atoms with van der Waals surface area (Å²) in [6.07, 6.45) is 0.292. The van der Waals surface area contributed by atoms with Crippen LogP contribution in [-0.4, -0.2) is 18.8 Å². The SMILES string of the molecule is COC(=O)CCSC(c1ccc(F)cc1)c1ccc(F)cc1. The normalized spacial score (nSPS) is 10.7. The summed E-state index contributed by atoms with van der Waals surface area (Å²) in [6, 6.07) is 12.4. The maximum Gasteiger partial charge on any atom is 0.306 e. The van der Waals surface area contributed by atoms with Gasteiger partial charge in [-0.3, -0.25) is 4.79 Å². The third-order valence-electron chi connectivity index (χ3n) is 3.16. The lowest BCUT2D eigenvalue weighted by Crippen LogP contribution is -2.04. The number of hydrogen-bond acceptors (Lipinski definition) is 3. The number of rotatable bonds is 6. The van der Waals surface area contributed by atoms with E-state index in [1.54, 1.807) is 24.3 Å². The van der Waals surface area contributed by atoms with Gasteiger partial charge in [-0.05, 0) is 35.4 Å². The van der Waals surface area contributed by atoms with Crippen molar-refractivity contribution in [2.24, 2.45) is 0 Å². The van der Waals surface area contributed by atoms with E-state index in [1.165, 1.54) is 43.1 Å². The van der Waals surface area contributed by atoms with Crippen molar-refractivity contribution in [1.82, 2.24) is 0 Å². The molecule has 0 fully saturated rings. The zero-order valence-electron chi connectivity index (χ0n) is 12.1. The number of thioether (sulfide) groups is 1. The first-order valence-electron chi connectivity index (χ1n) is 6.79. The van der Waals surface area contributed by atoms with E-state index in [2.05, 4.69) is 4.74 Å². The van der Waals surface area contributed by atoms with Crippen molar-refractivity contribution >= 4 is 17.7 Å². The van der Waals surface area contributed by atoms with Crippen molar-refractivity contribution in [2.75, 3.05) is 12.9 Å². The van der Waals surface area contributed by atoms with Crippen LogP contribution in [0.5, 0.6) is 0 Å². The van der Waals surface area contributed by atoms with E-state index in [-0.39, 0.29) is 22.9 Å². The molecule has 0 radical (unpaired) electrons. The standard InChI is InChI=1S/C17H16F2O2S/c1-21-16(20)10-11-22-17(12-2-6-14(18)7-3-12)13-4-8-15(19)9-5-13/h2-9,17H,10-11H2,1H3. The molecule has 0 saturated heterocycles. The number of halogens is 2. The largest absolute Gasteiger partial charge is 0.469 e. The van der Waals surface area contributed by atoms with Gasteiger partial charge in [0.1, 0.15) is 11.6 Å². The molecule has 0 aliphatic rings. The molecule has 0 aliphatic carbocycles. The topological polar surface area (TPSA) is 26.3 Å². The molecule has 0 aliphatic heterocycles. The Kier molecular flexibility index (Phi) is 5.95. The zero-order valence-corrected chi connectivity index (χ0v) is 12.9. The van der Waals surface area contributed by atoms with Gasteiger partial charge >= 0.3 is 5.97 Å². The average molecular weight is 322 g/mol. The Morgan fingerprint density at radius 1 is 1.00 bits per heavy atom. The molecule has 0 N–H and O–H groups in total. The predicted molar refractivity (Wildman–Crippen MR) is 83.7 cm³/mol. The van der Waals surface area contributed by atoms with Crippen LogP contribution < -0.4 is 0 Å². The summed E-state index contributed by atoms with van der Waals surface area (Å²) in [7, 11) is 1.35. The van der Waals surface area contributed by atoms with Gasteiger partial charge in [-0.1, -0.05) is 24.3 Å². The Balaban J connectivity index is 2.18. The van der Waals surface area contributed by atoms with Gasteiger partial charge in [0, 0.05) is 5.75 Å². The van der Waals surface area contributed by atoms with Crippen molar-refractivity contribution in [3.63, 3.8) is 0 Å². The van der Waals surface area contributed by atoms with Crippen LogP contribution in [-0.2, 0) is 9.53 Å². The van der Waals surface area contributed by atoms with Crippen LogP contribution in [0.1, 0.15) is 22.8 Å². The summed E-state index contributed by atoms with van der Waals surface area (Å²) in [5, 5.41) is -0.0918. The van der Waals surface area contributed by atoms with E-state index < -0.39 is 0 Å². The van der Waals surface area contributed by atoms with E-state index >= 15 is 0 Å². The smallest absolute Gasteiger partial charge is 0.306 e. The fraction of sp³-hybridized carbons (Fsp3) is 0.235. The second-order valence-electron chi connectivity index (χ2n) is 4.68. The van der Waals surface area contributed by atoms with E-state index in [9.17, 15) is 13.6 Å². The van der Waals surface area contributed by atoms with Gasteiger partial charge in [-0.25, -0.2) is 8.78 Å². The number of ether oxygens (including phenoxy) is 1. The Morgan fingerprint density at radius 2 is 1.45 bits per heavy atom. The van der Waals surface area contributed by atoms with Gasteiger partial charge in [0.15, 0.2) is 0 Å². The molecule has 2 nitrogen and oxygen atoms in total. The predicted octanol–water partition coefficient (Wildman–Crippen LogP) is 4.35. The zero-order chi connectivity index (χ0) is 15.9. The highest BCUT2D eigenvalue weighted by molar-refractivity contribution is 7.99. The number of carbonyl (C=O) groups excluding carboxylic acids is 1. The third kappa shape index (κ3) is 4.56. The van der Waals surface area contributed by atoms with Crippen LogP contribution in [0.4, 0.5) is 8.78 Å². The van der Waals surface area contributed by atoms with Crippen LogP contribution in [0.2, 0.25) is 0 Å². The second kappa shape index (κ2) is 7.94. The van der Waals surface area contributed by atoms with Crippen LogP contribution in [0.25, 0.3) is 0 Å². The minimum absolute atomic E-state index is 0.0918. The van der Waals surface area contributed by atoms with E-state index in [0.717, 1.165) is 11.1 Å². The molecule has 0 atom stereocenters. The fourth-order valence-electron chi connectivity index (χ4n) is 2.02. The van der Waals surface area contributed by atoms with Crippen molar-refractivity contribution in [1.29, 1.82) is 0 Å². The molecule has 0 aromatic heterocycles. The molecule has 2 aromatic rings. The van der Waals surface area contributed by atoms with Crippen molar-refractivity contribution in [3.8, 4) is 0 Å². The highest BCUT2D eigenvalue weighted by atomic mass is 32.2. The fourth-order valence-corrected chi connectivity index (χ4v) is 3.24. The number of methoxy groups -OCH3 is 1. The lowest BCUT2D eigenvalue weighted by molar-refractivity contribution is -0.140. The molecule has 116 valence electrons. The van der Waals surface area contributed by atoms with Crippen LogP contribution in [0, 0.1) is 11.6 Å². The first-order chi connectivity index (χ1) is 10.6. The van der Waals surface area contributed by atoms with Gasteiger partial charge in [0.2, 0.25) is 0 Å². The first-order valence-corrected chi connectivity index (χ1v) is 7.84. The molecule has 0 amide bonds. The van der Waals surface area contributed by atoms with Gasteiger partial charge in [-0.15, -0.1) is 11.8 Å². The minimum atomic E-state index is -0.304. The Hall–Kier alpha value is -1.88. The number of benzene rings is 2. The molecule has 0 unspecified atom stereocenters. The average Bonchev–Trinajstić information content (AvgIpc) is 2.53. The molecule has 0 spiro atoms. The summed E-state index contributed by atoms with van der Waals surface area (Å²) >= 11 is 1.54. The number of hydrogen-bond donors (Lipinski definition) is 0. The van der Waals surface area contributed by atoms with Crippen LogP contribution in [0.3, 0.4) is 0 Å². The number of esters is 1. The van der Waals surface area contributed by atoms with E-state index in [4.69, 9.17) is 0 Å². The quantitative estimate of drug-likeness (QED) is 0.740. The Morgan fingerprint density at radius 3 is 1.86 bits per heavy atom. The van der Waals surface area contributed by atoms with Gasteiger partial charge in [0.25, 0.3) is 0 Å². The summed E-state index contributed by atoms with van der Waals surface area (Å²) < 4.78 is 30.8. The molecule has 0 bridgehead atoms. The van der Waals surface area contributed by atoms with Crippen molar-refractivity contribution in [2.45, 2.75) is 11.7 Å². The maximum atomic E-state index is 13.1. The summed E-state index contributed by atoms with van der Waals surface area (Å²) in [4.78, 5) is 11.2. The van der Waals surface area contributed by atoms with Gasteiger partial charge in [0.05, 0.1) is 18.8 Å². The molecule has 0 saturated carbocycles. The first kappa shape index (κ1) is 16.5. The summed E-state index contributed by atoms with van der Waals surface area (Å²) in [6.45, 7) is 0. The lowest BCUT2D eigenvalue weighted by atomic mass is 10.0. The molecule has 0 heterocycles. The van der Waals surface area contributed by atoms with Gasteiger partial charge < -0.3 is 4.74 Å². The Labute approximate surface area is 132 Å². The van der Waals surface area contributed by atoms with Crippen molar-refractivity contribution in [3.05, 3.63) is 71.3 Å². The van der Waals surface area contributed by atoms with Gasteiger partial charge in [-0.2, -0.15) is 0 Å². The maximum absolute atomic E-state index is 13.1. The highest BCUT2D eigenvalue weighted by Gasteiger charge is 2.16. The summed E-state index contributed by atoms with van der Waals surface area (Å²) in [5.74, 6) is -0.321. The third-order valence-corrected chi connectivity index (χ3v) is 4.48. The minimum Gasteiger partial charge on any atom is -0.469 e. The molecule has 2 rings (SSSR count). The monoisotopic (exact) mass is 322 g/mol. The molecule has 2 aromatic carbocycles. The number of carbonyl (C=O) groups is 1. The molecular weight excluding hydrogens is 306 g/mol. The highest BCUT2D eigenvalue weighted by Crippen LogP contribution is 2.36. The summed E-state index contributed by atoms with van der Waals surface area (Å²) in [5.41, 5.74) is 1.81. The Bertz CT molecular complexity index is 566. The molecule has 5 heteroatoms. The van der Waals surface area contributed by atoms with Crippen molar-refractivity contribution < 1.29 is 18.3 Å². The van der Waals surface area contributed by atoms with Crippen LogP contribution >= 0.6 is 11.8 Å². The molecular formula is C17H16F2O2S. The lowest BCUT2D eigenvalue weighted by Gasteiger charge is -2.17. The van der Waals surface area contributed by atoms with E-state index in [0.29, 0.717) is 12.2 Å².